The molecule has 1 aliphatic heterocycles. The van der Waals surface area contributed by atoms with Gasteiger partial charge in [-0.3, -0.25) is 9.38 Å². The maximum Gasteiger partial charge on any atom is 0.214 e. The van der Waals surface area contributed by atoms with Crippen LogP contribution in [-0.4, -0.2) is 57.6 Å². The van der Waals surface area contributed by atoms with E-state index in [1.54, 1.807) is 34.8 Å². The summed E-state index contributed by atoms with van der Waals surface area (Å²) in [7, 11) is 3.15. The van der Waals surface area contributed by atoms with Crippen LogP contribution in [0.2, 0.25) is 0 Å². The van der Waals surface area contributed by atoms with Crippen LogP contribution in [0, 0.1) is 5.41 Å². The molecule has 1 saturated heterocycles. The summed E-state index contributed by atoms with van der Waals surface area (Å²) in [4.78, 5) is 11.5. The number of aromatic nitrogens is 3. The number of ether oxygens (including phenoxy) is 1. The Hall–Kier alpha value is -2.18. The van der Waals surface area contributed by atoms with Gasteiger partial charge < -0.3 is 15.0 Å². The average molecular weight is 609 g/mol. The van der Waals surface area contributed by atoms with Crippen LogP contribution in [0.5, 0.6) is 5.88 Å². The number of pyridine rings is 2. The molecule has 10 heteroatoms. The summed E-state index contributed by atoms with van der Waals surface area (Å²) in [5.41, 5.74) is 4.66. The first kappa shape index (κ1) is 25.9. The zero-order valence-corrected chi connectivity index (χ0v) is 23.1. The molecule has 1 aliphatic rings. The van der Waals surface area contributed by atoms with Crippen molar-refractivity contribution in [3.8, 4) is 17.0 Å². The SMILES string of the molecule is CCc1c(-c2ccc(OC)nc2)c2cc(/C(=C/NC3CCN(CC)CC3)C(=N)F)cnc2n1SI. The molecule has 186 valence electrons. The van der Waals surface area contributed by atoms with Gasteiger partial charge in [-0.2, -0.15) is 4.39 Å². The van der Waals surface area contributed by atoms with Crippen molar-refractivity contribution >= 4 is 52.9 Å². The number of likely N-dealkylation sites (tertiary alicyclic amines) is 1. The Morgan fingerprint density at radius 2 is 2.06 bits per heavy atom. The van der Waals surface area contributed by atoms with E-state index < -0.39 is 5.97 Å². The van der Waals surface area contributed by atoms with Crippen LogP contribution >= 0.6 is 30.3 Å². The summed E-state index contributed by atoms with van der Waals surface area (Å²) in [5, 5.41) is 12.1. The molecule has 3 aromatic heterocycles. The van der Waals surface area contributed by atoms with Crippen LogP contribution in [0.25, 0.3) is 27.7 Å². The molecule has 1 fully saturated rings. The van der Waals surface area contributed by atoms with E-state index >= 15 is 0 Å². The molecule has 2 N–H and O–H groups in total. The standard InChI is InChI=1S/C25H30FIN6OS/c1-4-21-23(16-6-7-22(34-3)30-13-16)19-12-17(14-31-25(19)33(21)35-27)20(24(26)28)15-29-18-8-10-32(5-2)11-9-18/h6-7,12-15,18,28-29H,4-5,8-11H2,1-3H3/b20-15-,28-24?. The minimum Gasteiger partial charge on any atom is -0.481 e. The first-order valence-corrected chi connectivity index (χ1v) is 15.1. The Morgan fingerprint density at radius 3 is 2.63 bits per heavy atom. The van der Waals surface area contributed by atoms with E-state index in [1.165, 1.54) is 0 Å². The minimum atomic E-state index is -0.976. The number of halogens is 2. The van der Waals surface area contributed by atoms with E-state index in [0.29, 0.717) is 11.4 Å². The van der Waals surface area contributed by atoms with E-state index in [4.69, 9.17) is 15.1 Å². The van der Waals surface area contributed by atoms with Gasteiger partial charge >= 0.3 is 0 Å². The third-order valence-corrected chi connectivity index (χ3v) is 8.26. The molecule has 0 radical (unpaired) electrons. The summed E-state index contributed by atoms with van der Waals surface area (Å²) >= 11 is 2.25. The monoisotopic (exact) mass is 608 g/mol. The lowest BCUT2D eigenvalue weighted by Gasteiger charge is -2.31. The maximum atomic E-state index is 14.5. The molecule has 4 heterocycles. The lowest BCUT2D eigenvalue weighted by atomic mass is 10.0. The second kappa shape index (κ2) is 11.7. The van der Waals surface area contributed by atoms with Gasteiger partial charge in [-0.15, -0.1) is 0 Å². The molecule has 0 aromatic carbocycles. The van der Waals surface area contributed by atoms with Gasteiger partial charge in [0.2, 0.25) is 11.8 Å². The Kier molecular flexibility index (Phi) is 8.66. The van der Waals surface area contributed by atoms with Crippen molar-refractivity contribution in [1.29, 1.82) is 5.41 Å². The highest BCUT2D eigenvalue weighted by atomic mass is 127. The quantitative estimate of drug-likeness (QED) is 0.234. The topological polar surface area (TPSA) is 79.1 Å². The summed E-state index contributed by atoms with van der Waals surface area (Å²) in [5.74, 6) is -0.430. The number of nitrogens with one attached hydrogen (secondary N) is 2. The molecule has 0 aliphatic carbocycles. The number of allylic oxidation sites excluding steroid dienone is 1. The molecule has 0 saturated carbocycles. The van der Waals surface area contributed by atoms with E-state index in [0.717, 1.165) is 66.8 Å². The van der Waals surface area contributed by atoms with Gasteiger partial charge in [0.05, 0.1) is 12.7 Å². The van der Waals surface area contributed by atoms with Crippen molar-refractivity contribution in [3.63, 3.8) is 0 Å². The normalized spacial score (nSPS) is 15.5. The predicted octanol–water partition coefficient (Wildman–Crippen LogP) is 5.88. The zero-order chi connectivity index (χ0) is 24.9. The molecular weight excluding hydrogens is 578 g/mol. The molecule has 7 nitrogen and oxygen atoms in total. The summed E-state index contributed by atoms with van der Waals surface area (Å²) in [6.45, 7) is 7.38. The number of fused-ring (bicyclic) bond motifs is 1. The second-order valence-corrected chi connectivity index (χ2v) is 10.2. The third-order valence-electron chi connectivity index (χ3n) is 6.55. The highest BCUT2D eigenvalue weighted by Crippen LogP contribution is 2.39. The van der Waals surface area contributed by atoms with Crippen LogP contribution in [0.4, 0.5) is 4.39 Å². The second-order valence-electron chi connectivity index (χ2n) is 8.47. The molecule has 3 aromatic rings. The Morgan fingerprint density at radius 1 is 1.29 bits per heavy atom. The fraction of sp³-hybridized carbons (Fsp3) is 0.400. The zero-order valence-electron chi connectivity index (χ0n) is 20.1. The lowest BCUT2D eigenvalue weighted by molar-refractivity contribution is 0.213. The summed E-state index contributed by atoms with van der Waals surface area (Å²) in [6.07, 6.45) is 7.89. The largest absolute Gasteiger partial charge is 0.481 e. The van der Waals surface area contributed by atoms with Gasteiger partial charge in [0.15, 0.2) is 5.65 Å². The average Bonchev–Trinajstić information content (AvgIpc) is 3.21. The Bertz CT molecular complexity index is 1220. The first-order valence-electron chi connectivity index (χ1n) is 11.8. The molecule has 4 rings (SSSR count). The molecule has 0 atom stereocenters. The van der Waals surface area contributed by atoms with Gasteiger partial charge in [-0.25, -0.2) is 9.97 Å². The minimum absolute atomic E-state index is 0.212. The molecular formula is C25H30FIN6OS. The molecule has 35 heavy (non-hydrogen) atoms. The summed E-state index contributed by atoms with van der Waals surface area (Å²) in [6, 6.07) is 6.02. The van der Waals surface area contributed by atoms with Crippen molar-refractivity contribution in [1.82, 2.24) is 24.2 Å². The highest BCUT2D eigenvalue weighted by Gasteiger charge is 2.22. The van der Waals surface area contributed by atoms with Crippen LogP contribution in [0.3, 0.4) is 0 Å². The first-order chi connectivity index (χ1) is 17.0. The molecule has 0 unspecified atom stereocenters. The molecule has 0 spiro atoms. The van der Waals surface area contributed by atoms with Crippen LogP contribution in [0.1, 0.15) is 37.9 Å². The van der Waals surface area contributed by atoms with Crippen molar-refractivity contribution in [2.24, 2.45) is 0 Å². The fourth-order valence-corrected chi connectivity index (χ4v) is 6.38. The van der Waals surface area contributed by atoms with E-state index in [1.807, 2.05) is 18.2 Å². The molecule has 0 bridgehead atoms. The van der Waals surface area contributed by atoms with Gasteiger partial charge in [-0.1, -0.05) is 13.8 Å². The highest BCUT2D eigenvalue weighted by molar-refractivity contribution is 14.2. The number of rotatable bonds is 9. The van der Waals surface area contributed by atoms with Gasteiger partial charge in [-0.05, 0) is 37.9 Å². The number of hydrogen-bond acceptors (Lipinski definition) is 7. The summed E-state index contributed by atoms with van der Waals surface area (Å²) < 4.78 is 21.8. The van der Waals surface area contributed by atoms with Crippen molar-refractivity contribution in [2.45, 2.75) is 39.2 Å². The van der Waals surface area contributed by atoms with Gasteiger partial charge in [0.1, 0.15) is 0 Å². The van der Waals surface area contributed by atoms with Crippen LogP contribution in [0.15, 0.2) is 36.8 Å². The van der Waals surface area contributed by atoms with Crippen LogP contribution < -0.4 is 10.1 Å². The fourth-order valence-electron chi connectivity index (χ4n) is 4.59. The van der Waals surface area contributed by atoms with Crippen molar-refractivity contribution < 1.29 is 9.13 Å². The van der Waals surface area contributed by atoms with E-state index in [-0.39, 0.29) is 11.6 Å². The van der Waals surface area contributed by atoms with Crippen LogP contribution in [-0.2, 0) is 6.42 Å². The van der Waals surface area contributed by atoms with Crippen molar-refractivity contribution in [3.05, 3.63) is 48.1 Å². The molecule has 0 amide bonds. The lowest BCUT2D eigenvalue weighted by Crippen LogP contribution is -2.40. The maximum absolute atomic E-state index is 14.5. The third kappa shape index (κ3) is 5.49. The van der Waals surface area contributed by atoms with E-state index in [2.05, 4.69) is 54.2 Å². The van der Waals surface area contributed by atoms with Gasteiger partial charge in [0.25, 0.3) is 0 Å². The van der Waals surface area contributed by atoms with Gasteiger partial charge in [0, 0.05) is 102 Å². The predicted molar refractivity (Wildman–Crippen MR) is 151 cm³/mol. The number of methoxy groups -OCH3 is 1. The Labute approximate surface area is 221 Å². The van der Waals surface area contributed by atoms with Crippen molar-refractivity contribution in [2.75, 3.05) is 26.7 Å². The van der Waals surface area contributed by atoms with E-state index in [9.17, 15) is 4.39 Å². The smallest absolute Gasteiger partial charge is 0.214 e. The number of piperidine rings is 1. The number of hydrogen-bond donors (Lipinski definition) is 2. The Balaban J connectivity index is 1.75. The number of nitrogens with zero attached hydrogens (tertiary/aromatic N) is 4.